The molecule has 0 aliphatic carbocycles. The molecule has 0 amide bonds. The minimum absolute atomic E-state index is 0.172. The lowest BCUT2D eigenvalue weighted by Gasteiger charge is -2.16. The van der Waals surface area contributed by atoms with Gasteiger partial charge in [-0.2, -0.15) is 12.6 Å². The van der Waals surface area contributed by atoms with Gasteiger partial charge in [-0.1, -0.05) is 17.7 Å². The van der Waals surface area contributed by atoms with Crippen LogP contribution in [-0.4, -0.2) is 27.1 Å². The molecule has 0 spiro atoms. The van der Waals surface area contributed by atoms with Gasteiger partial charge in [0.15, 0.2) is 0 Å². The molecule has 2 N–H and O–H groups in total. The number of hydrogen-bond acceptors (Lipinski definition) is 4. The van der Waals surface area contributed by atoms with Gasteiger partial charge in [-0.15, -0.1) is 0 Å². The molecule has 0 saturated heterocycles. The second kappa shape index (κ2) is 4.98. The lowest BCUT2D eigenvalue weighted by atomic mass is 10.1. The van der Waals surface area contributed by atoms with E-state index in [0.717, 1.165) is 5.69 Å². The number of aromatic nitrogens is 1. The highest BCUT2D eigenvalue weighted by Crippen LogP contribution is 2.24. The molecule has 0 aromatic carbocycles. The number of aliphatic hydroxyl groups is 2. The fourth-order valence-electron chi connectivity index (χ4n) is 1.06. The van der Waals surface area contributed by atoms with Crippen molar-refractivity contribution in [1.29, 1.82) is 0 Å². The van der Waals surface area contributed by atoms with Crippen LogP contribution in [0.15, 0.2) is 12.1 Å². The Kier molecular flexibility index (Phi) is 4.19. The third kappa shape index (κ3) is 2.60. The van der Waals surface area contributed by atoms with E-state index in [9.17, 15) is 10.2 Å². The van der Waals surface area contributed by atoms with E-state index >= 15 is 0 Å². The summed E-state index contributed by atoms with van der Waals surface area (Å²) in [7, 11) is 0. The minimum atomic E-state index is -1.03. The van der Waals surface area contributed by atoms with Gasteiger partial charge in [0.05, 0.1) is 6.10 Å². The Balaban J connectivity index is 2.95. The molecule has 2 unspecified atom stereocenters. The molecule has 3 nitrogen and oxygen atoms in total. The fourth-order valence-corrected chi connectivity index (χ4v) is 1.57. The lowest BCUT2D eigenvalue weighted by Crippen LogP contribution is -2.20. The Labute approximate surface area is 93.2 Å². The first-order valence-electron chi connectivity index (χ1n) is 4.16. The van der Waals surface area contributed by atoms with E-state index < -0.39 is 12.2 Å². The van der Waals surface area contributed by atoms with Gasteiger partial charge < -0.3 is 10.2 Å². The van der Waals surface area contributed by atoms with Gasteiger partial charge in [0.25, 0.3) is 0 Å². The van der Waals surface area contributed by atoms with E-state index in [1.165, 1.54) is 0 Å². The first kappa shape index (κ1) is 11.8. The van der Waals surface area contributed by atoms with Crippen molar-refractivity contribution in [3.8, 4) is 0 Å². The van der Waals surface area contributed by atoms with Crippen molar-refractivity contribution in [1.82, 2.24) is 4.98 Å². The van der Waals surface area contributed by atoms with Gasteiger partial charge in [0.1, 0.15) is 11.3 Å². The monoisotopic (exact) mass is 233 g/mol. The predicted molar refractivity (Wildman–Crippen MR) is 58.8 cm³/mol. The van der Waals surface area contributed by atoms with Crippen LogP contribution in [0, 0.1) is 6.92 Å². The van der Waals surface area contributed by atoms with E-state index in [0.29, 0.717) is 5.56 Å². The van der Waals surface area contributed by atoms with Crippen LogP contribution >= 0.6 is 24.2 Å². The van der Waals surface area contributed by atoms with Crippen molar-refractivity contribution < 1.29 is 10.2 Å². The van der Waals surface area contributed by atoms with Gasteiger partial charge in [-0.3, -0.25) is 0 Å². The van der Waals surface area contributed by atoms with Gasteiger partial charge in [0.2, 0.25) is 0 Å². The van der Waals surface area contributed by atoms with E-state index in [4.69, 9.17) is 11.6 Å². The van der Waals surface area contributed by atoms with E-state index in [2.05, 4.69) is 17.6 Å². The molecular formula is C9H12ClNO2S. The zero-order valence-electron chi connectivity index (χ0n) is 7.68. The molecule has 1 aromatic rings. The number of hydrogen-bond donors (Lipinski definition) is 3. The van der Waals surface area contributed by atoms with Crippen molar-refractivity contribution in [3.05, 3.63) is 28.5 Å². The quantitative estimate of drug-likeness (QED) is 0.546. The van der Waals surface area contributed by atoms with Gasteiger partial charge in [-0.25, -0.2) is 4.98 Å². The number of nitrogens with zero attached hydrogens (tertiary/aromatic N) is 1. The maximum absolute atomic E-state index is 9.64. The van der Waals surface area contributed by atoms with Crippen LogP contribution in [0.5, 0.6) is 0 Å². The standard InChI is InChI=1S/C9H12ClNO2S/c1-5-2-3-6(9(10)11-5)8(13)7(12)4-14/h2-3,7-8,12-14H,4H2,1H3. The van der Waals surface area contributed by atoms with Crippen LogP contribution < -0.4 is 0 Å². The molecule has 1 heterocycles. The average molecular weight is 234 g/mol. The summed E-state index contributed by atoms with van der Waals surface area (Å²) in [6.45, 7) is 1.80. The first-order valence-corrected chi connectivity index (χ1v) is 5.17. The smallest absolute Gasteiger partial charge is 0.135 e. The summed E-state index contributed by atoms with van der Waals surface area (Å²) >= 11 is 9.70. The Morgan fingerprint density at radius 3 is 2.64 bits per heavy atom. The third-order valence-corrected chi connectivity index (χ3v) is 2.56. The first-order chi connectivity index (χ1) is 6.56. The number of halogens is 1. The Morgan fingerprint density at radius 1 is 1.50 bits per heavy atom. The molecular weight excluding hydrogens is 222 g/mol. The Bertz CT molecular complexity index is 322. The van der Waals surface area contributed by atoms with E-state index in [1.807, 2.05) is 0 Å². The molecule has 2 atom stereocenters. The van der Waals surface area contributed by atoms with Gasteiger partial charge >= 0.3 is 0 Å². The summed E-state index contributed by atoms with van der Waals surface area (Å²) in [5.74, 6) is 0.172. The van der Waals surface area contributed by atoms with Crippen LogP contribution in [0.1, 0.15) is 17.4 Å². The van der Waals surface area contributed by atoms with Gasteiger partial charge in [-0.05, 0) is 13.0 Å². The highest BCUT2D eigenvalue weighted by Gasteiger charge is 2.19. The predicted octanol–water partition coefficient (Wildman–Crippen LogP) is 1.37. The molecule has 5 heteroatoms. The number of thiol groups is 1. The number of pyridine rings is 1. The highest BCUT2D eigenvalue weighted by atomic mass is 35.5. The maximum atomic E-state index is 9.64. The molecule has 0 saturated carbocycles. The summed E-state index contributed by atoms with van der Waals surface area (Å²) in [5, 5.41) is 19.2. The summed E-state index contributed by atoms with van der Waals surface area (Å²) in [4.78, 5) is 3.98. The summed E-state index contributed by atoms with van der Waals surface area (Å²) in [6, 6.07) is 3.39. The topological polar surface area (TPSA) is 53.4 Å². The molecule has 14 heavy (non-hydrogen) atoms. The fraction of sp³-hybridized carbons (Fsp3) is 0.444. The Hall–Kier alpha value is -0.290. The molecule has 0 radical (unpaired) electrons. The SMILES string of the molecule is Cc1ccc(C(O)C(O)CS)c(Cl)n1. The maximum Gasteiger partial charge on any atom is 0.135 e. The molecule has 0 bridgehead atoms. The Morgan fingerprint density at radius 2 is 2.14 bits per heavy atom. The van der Waals surface area contributed by atoms with Crippen LogP contribution in [0.2, 0.25) is 5.15 Å². The van der Waals surface area contributed by atoms with Crippen molar-refractivity contribution in [2.24, 2.45) is 0 Å². The second-order valence-corrected chi connectivity index (χ2v) is 3.75. The van der Waals surface area contributed by atoms with E-state index in [-0.39, 0.29) is 10.9 Å². The molecule has 0 aliphatic heterocycles. The molecule has 1 aromatic heterocycles. The van der Waals surface area contributed by atoms with Crippen molar-refractivity contribution in [2.45, 2.75) is 19.1 Å². The summed E-state index contributed by atoms with van der Waals surface area (Å²) in [5.41, 5.74) is 1.20. The molecule has 78 valence electrons. The van der Waals surface area contributed by atoms with Crippen LogP contribution in [0.25, 0.3) is 0 Å². The summed E-state index contributed by atoms with van der Waals surface area (Å²) in [6.07, 6.45) is -1.96. The largest absolute Gasteiger partial charge is 0.389 e. The molecule has 0 fully saturated rings. The highest BCUT2D eigenvalue weighted by molar-refractivity contribution is 7.80. The lowest BCUT2D eigenvalue weighted by molar-refractivity contribution is 0.0336. The van der Waals surface area contributed by atoms with Crippen LogP contribution in [0.4, 0.5) is 0 Å². The number of rotatable bonds is 3. The molecule has 0 aliphatic rings. The van der Waals surface area contributed by atoms with Crippen LogP contribution in [0.3, 0.4) is 0 Å². The minimum Gasteiger partial charge on any atom is -0.389 e. The average Bonchev–Trinajstić information content (AvgIpc) is 2.15. The number of aryl methyl sites for hydroxylation is 1. The van der Waals surface area contributed by atoms with Crippen molar-refractivity contribution in [2.75, 3.05) is 5.75 Å². The van der Waals surface area contributed by atoms with Gasteiger partial charge in [0, 0.05) is 17.0 Å². The molecule has 1 rings (SSSR count). The van der Waals surface area contributed by atoms with E-state index in [1.54, 1.807) is 19.1 Å². The normalized spacial score (nSPS) is 15.2. The zero-order chi connectivity index (χ0) is 10.7. The van der Waals surface area contributed by atoms with Crippen molar-refractivity contribution >= 4 is 24.2 Å². The second-order valence-electron chi connectivity index (χ2n) is 3.03. The van der Waals surface area contributed by atoms with Crippen molar-refractivity contribution in [3.63, 3.8) is 0 Å². The summed E-state index contributed by atoms with van der Waals surface area (Å²) < 4.78 is 0. The third-order valence-electron chi connectivity index (χ3n) is 1.89. The zero-order valence-corrected chi connectivity index (χ0v) is 9.33. The number of aliphatic hydroxyl groups excluding tert-OH is 2. The van der Waals surface area contributed by atoms with Crippen LogP contribution in [-0.2, 0) is 0 Å².